The maximum Gasteiger partial charge on any atom is 0.0237 e. The molecule has 0 radical (unpaired) electrons. The fourth-order valence-electron chi connectivity index (χ4n) is 1.97. The van der Waals surface area contributed by atoms with Crippen molar-refractivity contribution in [1.82, 2.24) is 0 Å². The van der Waals surface area contributed by atoms with E-state index < -0.39 is 0 Å². The van der Waals surface area contributed by atoms with Crippen molar-refractivity contribution in [1.29, 1.82) is 0 Å². The lowest BCUT2D eigenvalue weighted by Gasteiger charge is -2.18. The Labute approximate surface area is 132 Å². The number of rotatable bonds is 5. The largest absolute Gasteiger partial charge is 0.333 e. The van der Waals surface area contributed by atoms with Gasteiger partial charge in [0.05, 0.1) is 0 Å². The smallest absolute Gasteiger partial charge is 0.0237 e. The van der Waals surface area contributed by atoms with E-state index in [-0.39, 0.29) is 0 Å². The van der Waals surface area contributed by atoms with Crippen LogP contribution in [-0.2, 0) is 0 Å². The average Bonchev–Trinajstić information content (AvgIpc) is 2.87. The van der Waals surface area contributed by atoms with Gasteiger partial charge < -0.3 is 5.73 Å². The van der Waals surface area contributed by atoms with Gasteiger partial charge in [0.2, 0.25) is 0 Å². The fourth-order valence-corrected chi connectivity index (χ4v) is 1.97. The summed E-state index contributed by atoms with van der Waals surface area (Å²) in [6, 6.07) is 0. The lowest BCUT2D eigenvalue weighted by Crippen LogP contribution is -2.03. The first-order valence-corrected chi connectivity index (χ1v) is 7.65. The maximum atomic E-state index is 4.50. The van der Waals surface area contributed by atoms with Crippen LogP contribution in [0.25, 0.3) is 0 Å². The van der Waals surface area contributed by atoms with E-state index in [9.17, 15) is 0 Å². The molecule has 0 saturated carbocycles. The van der Waals surface area contributed by atoms with Crippen LogP contribution in [0.5, 0.6) is 0 Å². The molecule has 2 N–H and O–H groups in total. The molecule has 118 valence electrons. The minimum Gasteiger partial charge on any atom is -0.333 e. The Morgan fingerprint density at radius 2 is 1.76 bits per heavy atom. The summed E-state index contributed by atoms with van der Waals surface area (Å²) in [6.07, 6.45) is 9.29. The standard InChI is InChI=1S/C17H22.C2H6.CH5N/c1-7-12(3)11-17(13(4)8-2)16-10-9-14(5)15(16)6;2*1-2/h7,9-11,16H,1,3-4,8H2,2,5-6H3;1-2H3;2H2,1H3/b17-11-;;. The highest BCUT2D eigenvalue weighted by atomic mass is 14.4. The van der Waals surface area contributed by atoms with Crippen molar-refractivity contribution < 1.29 is 0 Å². The van der Waals surface area contributed by atoms with Crippen LogP contribution in [0.4, 0.5) is 0 Å². The van der Waals surface area contributed by atoms with Gasteiger partial charge >= 0.3 is 0 Å². The predicted molar refractivity (Wildman–Crippen MR) is 99.3 cm³/mol. The van der Waals surface area contributed by atoms with Crippen molar-refractivity contribution >= 4 is 0 Å². The Bertz CT molecular complexity index is 444. The van der Waals surface area contributed by atoms with Crippen LogP contribution < -0.4 is 5.73 Å². The van der Waals surface area contributed by atoms with E-state index in [4.69, 9.17) is 0 Å². The lowest BCUT2D eigenvalue weighted by molar-refractivity contribution is 0.889. The van der Waals surface area contributed by atoms with E-state index in [0.29, 0.717) is 5.92 Å². The molecule has 0 heterocycles. The highest BCUT2D eigenvalue weighted by molar-refractivity contribution is 5.49. The molecule has 1 aliphatic carbocycles. The van der Waals surface area contributed by atoms with Crippen molar-refractivity contribution in [2.45, 2.75) is 41.0 Å². The monoisotopic (exact) mass is 287 g/mol. The topological polar surface area (TPSA) is 26.0 Å². The van der Waals surface area contributed by atoms with Crippen molar-refractivity contribution in [3.63, 3.8) is 0 Å². The molecule has 1 aliphatic rings. The van der Waals surface area contributed by atoms with Gasteiger partial charge in [-0.05, 0) is 38.5 Å². The molecular weight excluding hydrogens is 254 g/mol. The molecule has 1 nitrogen and oxygen atoms in total. The molecule has 1 atom stereocenters. The highest BCUT2D eigenvalue weighted by Crippen LogP contribution is 2.35. The lowest BCUT2D eigenvalue weighted by atomic mass is 9.86. The van der Waals surface area contributed by atoms with Crippen molar-refractivity contribution in [3.05, 3.63) is 71.9 Å². The molecule has 0 aliphatic heterocycles. The van der Waals surface area contributed by atoms with Crippen LogP contribution in [-0.4, -0.2) is 7.05 Å². The first-order chi connectivity index (χ1) is 10.0. The molecule has 21 heavy (non-hydrogen) atoms. The zero-order valence-electron chi connectivity index (χ0n) is 14.8. The van der Waals surface area contributed by atoms with Gasteiger partial charge in [-0.25, -0.2) is 0 Å². The zero-order valence-corrected chi connectivity index (χ0v) is 14.8. The Hall–Kier alpha value is -1.60. The van der Waals surface area contributed by atoms with Gasteiger partial charge in [-0.1, -0.05) is 81.5 Å². The quantitative estimate of drug-likeness (QED) is 0.641. The molecule has 0 aromatic heterocycles. The van der Waals surface area contributed by atoms with Crippen molar-refractivity contribution in [2.24, 2.45) is 11.7 Å². The second-order valence-electron chi connectivity index (χ2n) is 4.54. The first kappa shape index (κ1) is 21.7. The van der Waals surface area contributed by atoms with Gasteiger partial charge in [0.25, 0.3) is 0 Å². The van der Waals surface area contributed by atoms with Gasteiger partial charge in [0, 0.05) is 5.92 Å². The minimum absolute atomic E-state index is 0.360. The number of hydrogen-bond acceptors (Lipinski definition) is 1. The van der Waals surface area contributed by atoms with E-state index in [1.54, 1.807) is 6.08 Å². The molecule has 1 unspecified atom stereocenters. The molecular formula is C20H33N. The number of nitrogens with two attached hydrogens (primary N) is 1. The predicted octanol–water partition coefficient (Wildman–Crippen LogP) is 5.74. The fraction of sp³-hybridized carbons (Fsp3) is 0.400. The summed E-state index contributed by atoms with van der Waals surface area (Å²) < 4.78 is 0. The van der Waals surface area contributed by atoms with E-state index in [0.717, 1.165) is 12.0 Å². The molecule has 0 saturated heterocycles. The Balaban J connectivity index is 0. The Kier molecular flexibility index (Phi) is 12.6. The summed E-state index contributed by atoms with van der Waals surface area (Å²) >= 11 is 0. The summed E-state index contributed by atoms with van der Waals surface area (Å²) in [6.45, 7) is 22.4. The molecule has 0 bridgehead atoms. The normalized spacial score (nSPS) is 16.5. The average molecular weight is 287 g/mol. The van der Waals surface area contributed by atoms with Crippen molar-refractivity contribution in [2.75, 3.05) is 7.05 Å². The van der Waals surface area contributed by atoms with E-state index in [1.807, 2.05) is 13.8 Å². The highest BCUT2D eigenvalue weighted by Gasteiger charge is 2.20. The molecule has 1 heteroatoms. The SMILES string of the molecule is C=CC(=C)/C=C(/C(=C)CC)C1C=CC(C)=C1C.CC.CN. The number of hydrogen-bond donors (Lipinski definition) is 1. The summed E-state index contributed by atoms with van der Waals surface area (Å²) in [5.41, 5.74) is 10.6. The van der Waals surface area contributed by atoms with Crippen LogP contribution in [0.2, 0.25) is 0 Å². The third kappa shape index (κ3) is 6.59. The minimum atomic E-state index is 0.360. The van der Waals surface area contributed by atoms with Crippen LogP contribution in [0.15, 0.2) is 71.9 Å². The van der Waals surface area contributed by atoms with Crippen LogP contribution in [0, 0.1) is 5.92 Å². The van der Waals surface area contributed by atoms with Crippen LogP contribution in [0.3, 0.4) is 0 Å². The maximum absolute atomic E-state index is 4.50. The van der Waals surface area contributed by atoms with Gasteiger partial charge in [0.1, 0.15) is 0 Å². The van der Waals surface area contributed by atoms with E-state index in [2.05, 4.69) is 64.5 Å². The molecule has 0 aromatic carbocycles. The summed E-state index contributed by atoms with van der Waals surface area (Å²) in [5, 5.41) is 0. The second kappa shape index (κ2) is 12.2. The van der Waals surface area contributed by atoms with Crippen LogP contribution in [0.1, 0.15) is 41.0 Å². The summed E-state index contributed by atoms with van der Waals surface area (Å²) in [7, 11) is 1.50. The van der Waals surface area contributed by atoms with Gasteiger partial charge in [-0.2, -0.15) is 0 Å². The molecule has 0 spiro atoms. The Morgan fingerprint density at radius 3 is 2.10 bits per heavy atom. The third-order valence-electron chi connectivity index (χ3n) is 3.40. The van der Waals surface area contributed by atoms with E-state index in [1.165, 1.54) is 29.3 Å². The van der Waals surface area contributed by atoms with Crippen LogP contribution >= 0.6 is 0 Å². The number of allylic oxidation sites excluding steroid dienone is 9. The van der Waals surface area contributed by atoms with E-state index >= 15 is 0 Å². The molecule has 0 fully saturated rings. The third-order valence-corrected chi connectivity index (χ3v) is 3.40. The zero-order chi connectivity index (χ0) is 17.0. The molecule has 0 amide bonds. The molecule has 0 aromatic rings. The Morgan fingerprint density at radius 1 is 1.24 bits per heavy atom. The van der Waals surface area contributed by atoms with Gasteiger partial charge in [-0.3, -0.25) is 0 Å². The summed E-state index contributed by atoms with van der Waals surface area (Å²) in [4.78, 5) is 0. The second-order valence-corrected chi connectivity index (χ2v) is 4.54. The van der Waals surface area contributed by atoms with Crippen molar-refractivity contribution in [3.8, 4) is 0 Å². The van der Waals surface area contributed by atoms with Gasteiger partial charge in [-0.15, -0.1) is 0 Å². The van der Waals surface area contributed by atoms with Gasteiger partial charge in [0.15, 0.2) is 0 Å². The first-order valence-electron chi connectivity index (χ1n) is 7.65. The summed E-state index contributed by atoms with van der Waals surface area (Å²) in [5.74, 6) is 0.360. The molecule has 1 rings (SSSR count).